The molecule has 1 aromatic rings. The first-order valence-corrected chi connectivity index (χ1v) is 3.89. The van der Waals surface area contributed by atoms with Crippen LogP contribution >= 0.6 is 0 Å². The second-order valence-electron chi connectivity index (χ2n) is 2.75. The molecule has 1 rings (SSSR count). The summed E-state index contributed by atoms with van der Waals surface area (Å²) >= 11 is 0. The average molecular weight is 223 g/mol. The van der Waals surface area contributed by atoms with Gasteiger partial charge in [0, 0.05) is 5.56 Å². The van der Waals surface area contributed by atoms with Crippen molar-refractivity contribution >= 4 is 0 Å². The van der Waals surface area contributed by atoms with Gasteiger partial charge in [-0.2, -0.15) is 0 Å². The summed E-state index contributed by atoms with van der Waals surface area (Å²) in [6, 6.07) is 0. The Morgan fingerprint density at radius 3 is 2.53 bits per heavy atom. The third kappa shape index (κ3) is 2.72. The first-order valence-electron chi connectivity index (χ1n) is 3.89. The number of aliphatic hydroxyl groups is 1. The Balaban J connectivity index is 3.07. The van der Waals surface area contributed by atoms with Gasteiger partial charge in [0.2, 0.25) is 0 Å². The SMILES string of the molecule is Cc1c(OC(F)(F)F)cnc(CO)c1O. The molecule has 2 N–H and O–H groups in total. The fraction of sp³-hybridized carbons (Fsp3) is 0.375. The van der Waals surface area contributed by atoms with Crippen molar-refractivity contribution in [1.82, 2.24) is 4.98 Å². The highest BCUT2D eigenvalue weighted by molar-refractivity contribution is 5.43. The zero-order chi connectivity index (χ0) is 11.6. The summed E-state index contributed by atoms with van der Waals surface area (Å²) in [5.74, 6) is -1.09. The minimum absolute atomic E-state index is 0.0953. The van der Waals surface area contributed by atoms with Crippen LogP contribution in [0.5, 0.6) is 11.5 Å². The number of nitrogens with zero attached hydrogens (tertiary/aromatic N) is 1. The predicted molar refractivity (Wildman–Crippen MR) is 43.2 cm³/mol. The van der Waals surface area contributed by atoms with Gasteiger partial charge in [0.05, 0.1) is 12.8 Å². The Morgan fingerprint density at radius 1 is 1.47 bits per heavy atom. The number of alkyl halides is 3. The molecule has 0 aliphatic heterocycles. The molecule has 7 heteroatoms. The first-order chi connectivity index (χ1) is 6.85. The van der Waals surface area contributed by atoms with Crippen molar-refractivity contribution in [2.45, 2.75) is 19.9 Å². The molecule has 0 aliphatic rings. The van der Waals surface area contributed by atoms with E-state index in [1.165, 1.54) is 6.92 Å². The van der Waals surface area contributed by atoms with E-state index in [9.17, 15) is 18.3 Å². The van der Waals surface area contributed by atoms with Crippen molar-refractivity contribution in [1.29, 1.82) is 0 Å². The maximum Gasteiger partial charge on any atom is 0.573 e. The van der Waals surface area contributed by atoms with Gasteiger partial charge in [-0.3, -0.25) is 4.98 Å². The van der Waals surface area contributed by atoms with Crippen molar-refractivity contribution < 1.29 is 28.1 Å². The minimum atomic E-state index is -4.83. The second-order valence-corrected chi connectivity index (χ2v) is 2.75. The number of halogens is 3. The highest BCUT2D eigenvalue weighted by atomic mass is 19.4. The van der Waals surface area contributed by atoms with Crippen molar-refractivity contribution in [3.8, 4) is 11.5 Å². The Bertz CT molecular complexity index is 365. The molecular weight excluding hydrogens is 215 g/mol. The van der Waals surface area contributed by atoms with Crippen LogP contribution in [-0.2, 0) is 6.61 Å². The van der Waals surface area contributed by atoms with Crippen LogP contribution in [0.25, 0.3) is 0 Å². The van der Waals surface area contributed by atoms with Crippen LogP contribution in [0.4, 0.5) is 13.2 Å². The molecular formula is C8H8F3NO3. The number of ether oxygens (including phenoxy) is 1. The van der Waals surface area contributed by atoms with Gasteiger partial charge in [0.1, 0.15) is 11.4 Å². The van der Waals surface area contributed by atoms with E-state index < -0.39 is 24.5 Å². The number of hydrogen-bond acceptors (Lipinski definition) is 4. The third-order valence-corrected chi connectivity index (χ3v) is 1.71. The van der Waals surface area contributed by atoms with Gasteiger partial charge in [-0.1, -0.05) is 0 Å². The Kier molecular flexibility index (Phi) is 3.04. The molecule has 0 amide bonds. The molecule has 0 saturated heterocycles. The third-order valence-electron chi connectivity index (χ3n) is 1.71. The van der Waals surface area contributed by atoms with Crippen molar-refractivity contribution in [3.05, 3.63) is 17.5 Å². The van der Waals surface area contributed by atoms with E-state index in [4.69, 9.17) is 5.11 Å². The summed E-state index contributed by atoms with van der Waals surface area (Å²) in [4.78, 5) is 3.42. The van der Waals surface area contributed by atoms with Crippen LogP contribution in [0.3, 0.4) is 0 Å². The topological polar surface area (TPSA) is 62.6 Å². The summed E-state index contributed by atoms with van der Waals surface area (Å²) in [6.45, 7) is 0.677. The lowest BCUT2D eigenvalue weighted by atomic mass is 10.2. The number of rotatable bonds is 2. The van der Waals surface area contributed by atoms with Gasteiger partial charge in [0.25, 0.3) is 0 Å². The number of pyridine rings is 1. The van der Waals surface area contributed by atoms with Crippen LogP contribution in [0.1, 0.15) is 11.3 Å². The maximum absolute atomic E-state index is 11.9. The lowest BCUT2D eigenvalue weighted by molar-refractivity contribution is -0.275. The van der Waals surface area contributed by atoms with E-state index in [1.54, 1.807) is 0 Å². The summed E-state index contributed by atoms with van der Waals surface area (Å²) in [6.07, 6.45) is -4.03. The van der Waals surface area contributed by atoms with E-state index in [-0.39, 0.29) is 11.3 Å². The van der Waals surface area contributed by atoms with Gasteiger partial charge < -0.3 is 14.9 Å². The highest BCUT2D eigenvalue weighted by Gasteiger charge is 2.32. The Labute approximate surface area is 82.9 Å². The normalized spacial score (nSPS) is 11.5. The number of aliphatic hydroxyl groups excluding tert-OH is 1. The molecule has 0 bridgehead atoms. The zero-order valence-electron chi connectivity index (χ0n) is 7.67. The number of hydrogen-bond donors (Lipinski definition) is 2. The van der Waals surface area contributed by atoms with E-state index >= 15 is 0 Å². The molecule has 0 aliphatic carbocycles. The zero-order valence-corrected chi connectivity index (χ0v) is 7.67. The number of aromatic hydroxyl groups is 1. The molecule has 0 fully saturated rings. The predicted octanol–water partition coefficient (Wildman–Crippen LogP) is 1.49. The summed E-state index contributed by atoms with van der Waals surface area (Å²) in [5, 5.41) is 18.0. The molecule has 1 heterocycles. The summed E-state index contributed by atoms with van der Waals surface area (Å²) in [5.41, 5.74) is -0.214. The molecule has 0 aromatic carbocycles. The molecule has 0 saturated carbocycles. The van der Waals surface area contributed by atoms with Crippen molar-refractivity contribution in [2.75, 3.05) is 0 Å². The van der Waals surface area contributed by atoms with Crippen LogP contribution in [0, 0.1) is 6.92 Å². The van der Waals surface area contributed by atoms with Gasteiger partial charge >= 0.3 is 6.36 Å². The monoisotopic (exact) mass is 223 g/mol. The van der Waals surface area contributed by atoms with Crippen LogP contribution in [-0.4, -0.2) is 21.6 Å². The van der Waals surface area contributed by atoms with E-state index in [1.807, 2.05) is 0 Å². The molecule has 0 atom stereocenters. The fourth-order valence-electron chi connectivity index (χ4n) is 0.971. The standard InChI is InChI=1S/C8H8F3NO3/c1-4-6(15-8(9,10)11)2-12-5(3-13)7(4)14/h2,13-14H,3H2,1H3. The van der Waals surface area contributed by atoms with Gasteiger partial charge in [0.15, 0.2) is 5.75 Å². The molecule has 4 nitrogen and oxygen atoms in total. The van der Waals surface area contributed by atoms with E-state index in [0.29, 0.717) is 0 Å². The van der Waals surface area contributed by atoms with Gasteiger partial charge in [-0.25, -0.2) is 0 Å². The smallest absolute Gasteiger partial charge is 0.506 e. The van der Waals surface area contributed by atoms with Crippen LogP contribution < -0.4 is 4.74 Å². The molecule has 1 aromatic heterocycles. The molecule has 0 radical (unpaired) electrons. The first kappa shape index (κ1) is 11.6. The lowest BCUT2D eigenvalue weighted by Crippen LogP contribution is -2.18. The van der Waals surface area contributed by atoms with Crippen molar-refractivity contribution in [2.24, 2.45) is 0 Å². The second kappa shape index (κ2) is 3.93. The highest BCUT2D eigenvalue weighted by Crippen LogP contribution is 2.32. The molecule has 84 valence electrons. The molecule has 0 spiro atoms. The van der Waals surface area contributed by atoms with Crippen LogP contribution in [0.2, 0.25) is 0 Å². The summed E-state index contributed by atoms with van der Waals surface area (Å²) < 4.78 is 39.2. The maximum atomic E-state index is 11.9. The molecule has 0 unspecified atom stereocenters. The molecule has 15 heavy (non-hydrogen) atoms. The van der Waals surface area contributed by atoms with Gasteiger partial charge in [-0.15, -0.1) is 13.2 Å². The largest absolute Gasteiger partial charge is 0.573 e. The number of aromatic nitrogens is 1. The van der Waals surface area contributed by atoms with Crippen molar-refractivity contribution in [3.63, 3.8) is 0 Å². The summed E-state index contributed by atoms with van der Waals surface area (Å²) in [7, 11) is 0. The van der Waals surface area contributed by atoms with Gasteiger partial charge in [-0.05, 0) is 6.92 Å². The van der Waals surface area contributed by atoms with Crippen LogP contribution in [0.15, 0.2) is 6.20 Å². The fourth-order valence-corrected chi connectivity index (χ4v) is 0.971. The Hall–Kier alpha value is -1.50. The Morgan fingerprint density at radius 2 is 2.07 bits per heavy atom. The van der Waals surface area contributed by atoms with E-state index in [0.717, 1.165) is 6.20 Å². The van der Waals surface area contributed by atoms with E-state index in [2.05, 4.69) is 9.72 Å². The lowest BCUT2D eigenvalue weighted by Gasteiger charge is -2.12. The minimum Gasteiger partial charge on any atom is -0.506 e. The quantitative estimate of drug-likeness (QED) is 0.797. The average Bonchev–Trinajstić information content (AvgIpc) is 2.11.